The van der Waals surface area contributed by atoms with E-state index in [0.717, 1.165) is 55.7 Å². The van der Waals surface area contributed by atoms with E-state index < -0.39 is 0 Å². The van der Waals surface area contributed by atoms with Crippen molar-refractivity contribution in [3.8, 4) is 11.1 Å². The summed E-state index contributed by atoms with van der Waals surface area (Å²) in [5, 5.41) is 0. The highest BCUT2D eigenvalue weighted by atomic mass is 16.2. The van der Waals surface area contributed by atoms with Gasteiger partial charge in [0.15, 0.2) is 0 Å². The lowest BCUT2D eigenvalue weighted by Crippen LogP contribution is -2.44. The number of piperidine rings is 1. The van der Waals surface area contributed by atoms with Gasteiger partial charge < -0.3 is 9.80 Å². The summed E-state index contributed by atoms with van der Waals surface area (Å²) in [5.74, 6) is 0.339. The maximum atomic E-state index is 12.5. The van der Waals surface area contributed by atoms with Gasteiger partial charge in [-0.15, -0.1) is 0 Å². The van der Waals surface area contributed by atoms with Gasteiger partial charge in [-0.2, -0.15) is 0 Å². The maximum Gasteiger partial charge on any atom is 0.228 e. The second-order valence-corrected chi connectivity index (χ2v) is 6.91. The van der Waals surface area contributed by atoms with E-state index in [1.165, 1.54) is 0 Å². The molecule has 2 aliphatic heterocycles. The maximum absolute atomic E-state index is 12.5. The average molecular weight is 322 g/mol. The zero-order chi connectivity index (χ0) is 16.6. The molecule has 0 aliphatic carbocycles. The third kappa shape index (κ3) is 2.54. The lowest BCUT2D eigenvalue weighted by molar-refractivity contribution is -0.135. The molecule has 1 amide bonds. The van der Waals surface area contributed by atoms with E-state index in [-0.39, 0.29) is 5.41 Å². The Labute approximate surface area is 142 Å². The monoisotopic (exact) mass is 322 g/mol. The molecule has 2 aromatic heterocycles. The van der Waals surface area contributed by atoms with Gasteiger partial charge in [0.25, 0.3) is 0 Å². The Hall–Kier alpha value is -2.43. The van der Waals surface area contributed by atoms with Crippen molar-refractivity contribution in [2.45, 2.75) is 19.3 Å². The van der Waals surface area contributed by atoms with Gasteiger partial charge in [-0.3, -0.25) is 14.8 Å². The molecule has 124 valence electrons. The van der Waals surface area contributed by atoms with Crippen LogP contribution in [0, 0.1) is 5.41 Å². The van der Waals surface area contributed by atoms with Crippen LogP contribution in [-0.4, -0.2) is 47.5 Å². The molecule has 2 aromatic rings. The first-order valence-corrected chi connectivity index (χ1v) is 8.54. The molecule has 2 saturated heterocycles. The summed E-state index contributed by atoms with van der Waals surface area (Å²) >= 11 is 0. The van der Waals surface area contributed by atoms with Gasteiger partial charge in [0.1, 0.15) is 0 Å². The Kier molecular flexibility index (Phi) is 3.71. The fraction of sp³-hybridized carbons (Fsp3) is 0.421. The minimum atomic E-state index is -0.110. The van der Waals surface area contributed by atoms with E-state index in [1.54, 1.807) is 12.4 Å². The molecule has 2 aliphatic rings. The summed E-state index contributed by atoms with van der Waals surface area (Å²) < 4.78 is 0. The van der Waals surface area contributed by atoms with E-state index in [9.17, 15) is 4.79 Å². The predicted molar refractivity (Wildman–Crippen MR) is 93.6 cm³/mol. The van der Waals surface area contributed by atoms with E-state index >= 15 is 0 Å². The Morgan fingerprint density at radius 1 is 0.958 bits per heavy atom. The van der Waals surface area contributed by atoms with Crippen molar-refractivity contribution in [1.82, 2.24) is 14.9 Å². The molecule has 0 atom stereocenters. The van der Waals surface area contributed by atoms with Crippen LogP contribution in [0.2, 0.25) is 0 Å². The van der Waals surface area contributed by atoms with Gasteiger partial charge in [0, 0.05) is 50.8 Å². The minimum Gasteiger partial charge on any atom is -0.370 e. The molecule has 0 N–H and O–H groups in total. The molecule has 24 heavy (non-hydrogen) atoms. The quantitative estimate of drug-likeness (QED) is 0.853. The zero-order valence-electron chi connectivity index (χ0n) is 14.0. The van der Waals surface area contributed by atoms with Crippen LogP contribution in [0.5, 0.6) is 0 Å². The molecule has 5 nitrogen and oxygen atoms in total. The normalized spacial score (nSPS) is 20.0. The number of hydrogen-bond donors (Lipinski definition) is 0. The van der Waals surface area contributed by atoms with Crippen LogP contribution >= 0.6 is 0 Å². The number of hydrogen-bond acceptors (Lipinski definition) is 4. The largest absolute Gasteiger partial charge is 0.370 e. The number of rotatable bonds is 2. The van der Waals surface area contributed by atoms with Crippen molar-refractivity contribution >= 4 is 11.6 Å². The highest BCUT2D eigenvalue weighted by Gasteiger charge is 2.46. The first-order valence-electron chi connectivity index (χ1n) is 8.54. The SMILES string of the molecule is CN1CCC2(CCN(c3cncc(-c4ccncc4)c3)CC2)C1=O. The van der Waals surface area contributed by atoms with Crippen molar-refractivity contribution < 1.29 is 4.79 Å². The van der Waals surface area contributed by atoms with Crippen molar-refractivity contribution in [1.29, 1.82) is 0 Å². The fourth-order valence-electron chi connectivity index (χ4n) is 3.95. The van der Waals surface area contributed by atoms with Crippen LogP contribution in [0.1, 0.15) is 19.3 Å². The average Bonchev–Trinajstić information content (AvgIpc) is 2.92. The van der Waals surface area contributed by atoms with Crippen molar-refractivity contribution in [2.75, 3.05) is 31.6 Å². The molecule has 4 heterocycles. The van der Waals surface area contributed by atoms with Crippen LogP contribution < -0.4 is 4.90 Å². The summed E-state index contributed by atoms with van der Waals surface area (Å²) in [6, 6.07) is 6.18. The van der Waals surface area contributed by atoms with Crippen LogP contribution in [-0.2, 0) is 4.79 Å². The van der Waals surface area contributed by atoms with Gasteiger partial charge in [0.2, 0.25) is 5.91 Å². The third-order valence-corrected chi connectivity index (χ3v) is 5.55. The number of pyridine rings is 2. The lowest BCUT2D eigenvalue weighted by Gasteiger charge is -2.38. The molecule has 1 spiro atoms. The van der Waals surface area contributed by atoms with E-state index in [4.69, 9.17) is 0 Å². The number of anilines is 1. The number of aromatic nitrogens is 2. The lowest BCUT2D eigenvalue weighted by atomic mass is 9.77. The predicted octanol–water partition coefficient (Wildman–Crippen LogP) is 2.59. The second-order valence-electron chi connectivity index (χ2n) is 6.91. The second kappa shape index (κ2) is 5.89. The van der Waals surface area contributed by atoms with Crippen molar-refractivity contribution in [3.05, 3.63) is 43.0 Å². The summed E-state index contributed by atoms with van der Waals surface area (Å²) in [5.41, 5.74) is 3.26. The van der Waals surface area contributed by atoms with E-state index in [2.05, 4.69) is 20.9 Å². The molecule has 0 aromatic carbocycles. The molecule has 0 saturated carbocycles. The zero-order valence-corrected chi connectivity index (χ0v) is 14.0. The highest BCUT2D eigenvalue weighted by Crippen LogP contribution is 2.42. The Balaban J connectivity index is 1.51. The summed E-state index contributed by atoms with van der Waals surface area (Å²) in [6.45, 7) is 2.74. The van der Waals surface area contributed by atoms with Gasteiger partial charge in [-0.05, 0) is 43.0 Å². The van der Waals surface area contributed by atoms with Gasteiger partial charge in [-0.25, -0.2) is 0 Å². The molecule has 5 heteroatoms. The molecule has 0 unspecified atom stereocenters. The van der Waals surface area contributed by atoms with Crippen LogP contribution in [0.4, 0.5) is 5.69 Å². The number of nitrogens with zero attached hydrogens (tertiary/aromatic N) is 4. The summed E-state index contributed by atoms with van der Waals surface area (Å²) in [7, 11) is 1.92. The number of carbonyl (C=O) groups excluding carboxylic acids is 1. The summed E-state index contributed by atoms with van der Waals surface area (Å²) in [6.07, 6.45) is 10.3. The van der Waals surface area contributed by atoms with E-state index in [1.807, 2.05) is 36.5 Å². The van der Waals surface area contributed by atoms with Crippen molar-refractivity contribution in [2.24, 2.45) is 5.41 Å². The van der Waals surface area contributed by atoms with Crippen LogP contribution in [0.15, 0.2) is 43.0 Å². The Bertz CT molecular complexity index is 738. The molecule has 2 fully saturated rings. The Morgan fingerprint density at radius 3 is 2.33 bits per heavy atom. The van der Waals surface area contributed by atoms with Crippen molar-refractivity contribution in [3.63, 3.8) is 0 Å². The topological polar surface area (TPSA) is 49.3 Å². The van der Waals surface area contributed by atoms with Gasteiger partial charge in [0.05, 0.1) is 17.3 Å². The standard InChI is InChI=1S/C19H22N4O/c1-22-9-4-19(18(22)24)5-10-23(11-6-19)17-12-16(13-21-14-17)15-2-7-20-8-3-15/h2-3,7-8,12-14H,4-6,9-11H2,1H3. The summed E-state index contributed by atoms with van der Waals surface area (Å²) in [4.78, 5) is 25.2. The van der Waals surface area contributed by atoms with Gasteiger partial charge in [-0.1, -0.05) is 0 Å². The number of likely N-dealkylation sites (tertiary alicyclic amines) is 1. The fourth-order valence-corrected chi connectivity index (χ4v) is 3.95. The molecule has 4 rings (SSSR count). The van der Waals surface area contributed by atoms with Crippen LogP contribution in [0.25, 0.3) is 11.1 Å². The highest BCUT2D eigenvalue weighted by molar-refractivity contribution is 5.85. The first-order chi connectivity index (χ1) is 11.7. The number of carbonyl (C=O) groups is 1. The van der Waals surface area contributed by atoms with Gasteiger partial charge >= 0.3 is 0 Å². The molecule has 0 radical (unpaired) electrons. The van der Waals surface area contributed by atoms with E-state index in [0.29, 0.717) is 5.91 Å². The molecular formula is C19H22N4O. The Morgan fingerprint density at radius 2 is 1.67 bits per heavy atom. The molecule has 0 bridgehead atoms. The third-order valence-electron chi connectivity index (χ3n) is 5.55. The number of amides is 1. The smallest absolute Gasteiger partial charge is 0.228 e. The first kappa shape index (κ1) is 15.1. The minimum absolute atomic E-state index is 0.110. The van der Waals surface area contributed by atoms with Crippen LogP contribution in [0.3, 0.4) is 0 Å². The molecular weight excluding hydrogens is 300 g/mol.